The highest BCUT2D eigenvalue weighted by Gasteiger charge is 2.39. The molecule has 2 rings (SSSR count). The molecule has 2 saturated carbocycles. The minimum Gasteiger partial charge on any atom is -0.772 e. The fourth-order valence-electron chi connectivity index (χ4n) is 2.42. The Balaban J connectivity index is 2.08. The molecule has 0 amide bonds. The van der Waals surface area contributed by atoms with E-state index in [-0.39, 0.29) is 5.25 Å². The lowest BCUT2D eigenvalue weighted by molar-refractivity contribution is 0.446. The lowest BCUT2D eigenvalue weighted by Crippen LogP contribution is -2.21. The van der Waals surface area contributed by atoms with Crippen LogP contribution in [0.15, 0.2) is 0 Å². The van der Waals surface area contributed by atoms with Crippen LogP contribution >= 0.6 is 0 Å². The van der Waals surface area contributed by atoms with E-state index in [0.717, 1.165) is 18.8 Å². The molecule has 2 aliphatic rings. The maximum Gasteiger partial charge on any atom is 0.0246 e. The summed E-state index contributed by atoms with van der Waals surface area (Å²) >= 11 is -1.79. The molecule has 0 aliphatic heterocycles. The summed E-state index contributed by atoms with van der Waals surface area (Å²) in [5.74, 6) is 1.26. The third-order valence-electron chi connectivity index (χ3n) is 2.92. The molecular weight excluding hydrogens is 148 g/mol. The van der Waals surface area contributed by atoms with Crippen molar-refractivity contribution in [1.82, 2.24) is 0 Å². The van der Waals surface area contributed by atoms with E-state index in [9.17, 15) is 8.76 Å². The van der Waals surface area contributed by atoms with Crippen molar-refractivity contribution in [1.29, 1.82) is 0 Å². The number of fused-ring (bicyclic) bond motifs is 2. The summed E-state index contributed by atoms with van der Waals surface area (Å²) in [5, 5.41) is 0.0127. The van der Waals surface area contributed by atoms with Crippen molar-refractivity contribution in [2.24, 2.45) is 11.8 Å². The summed E-state index contributed by atoms with van der Waals surface area (Å²) < 4.78 is 21.2. The van der Waals surface area contributed by atoms with Gasteiger partial charge in [0.2, 0.25) is 0 Å². The van der Waals surface area contributed by atoms with Gasteiger partial charge in [0.25, 0.3) is 0 Å². The van der Waals surface area contributed by atoms with Crippen LogP contribution in [0.25, 0.3) is 0 Å². The SMILES string of the molecule is O=S([O-])C1C[C@H]2CC[C@@H]1C2. The second-order valence-electron chi connectivity index (χ2n) is 3.47. The van der Waals surface area contributed by atoms with Gasteiger partial charge in [0, 0.05) is 5.25 Å². The summed E-state index contributed by atoms with van der Waals surface area (Å²) in [4.78, 5) is 0. The van der Waals surface area contributed by atoms with Crippen LogP contribution in [-0.2, 0) is 11.1 Å². The van der Waals surface area contributed by atoms with E-state index in [2.05, 4.69) is 0 Å². The number of hydrogen-bond acceptors (Lipinski definition) is 2. The van der Waals surface area contributed by atoms with Crippen LogP contribution in [0.1, 0.15) is 25.7 Å². The Morgan fingerprint density at radius 3 is 2.40 bits per heavy atom. The first kappa shape index (κ1) is 6.80. The van der Waals surface area contributed by atoms with E-state index in [1.54, 1.807) is 0 Å². The zero-order valence-corrected chi connectivity index (χ0v) is 6.60. The summed E-state index contributed by atoms with van der Waals surface area (Å²) in [6.45, 7) is 0. The van der Waals surface area contributed by atoms with Gasteiger partial charge in [-0.25, -0.2) is 0 Å². The van der Waals surface area contributed by atoms with Gasteiger partial charge in [-0.15, -0.1) is 0 Å². The normalized spacial score (nSPS) is 47.9. The highest BCUT2D eigenvalue weighted by atomic mass is 32.2. The lowest BCUT2D eigenvalue weighted by Gasteiger charge is -2.23. The van der Waals surface area contributed by atoms with Crippen LogP contribution in [0.5, 0.6) is 0 Å². The first-order valence-electron chi connectivity index (χ1n) is 3.85. The minimum absolute atomic E-state index is 0.0127. The fraction of sp³-hybridized carbons (Fsp3) is 1.00. The molecule has 2 fully saturated rings. The molecule has 0 heterocycles. The van der Waals surface area contributed by atoms with Crippen molar-refractivity contribution in [2.75, 3.05) is 0 Å². The van der Waals surface area contributed by atoms with Crippen LogP contribution in [0, 0.1) is 11.8 Å². The smallest absolute Gasteiger partial charge is 0.0246 e. The molecule has 0 spiro atoms. The number of rotatable bonds is 1. The third kappa shape index (κ3) is 0.920. The Labute approximate surface area is 63.3 Å². The largest absolute Gasteiger partial charge is 0.772 e. The molecule has 0 aromatic rings. The topological polar surface area (TPSA) is 40.1 Å². The predicted octanol–water partition coefficient (Wildman–Crippen LogP) is 1.05. The number of hydrogen-bond donors (Lipinski definition) is 0. The Hall–Kier alpha value is 0.110. The molecule has 2 nitrogen and oxygen atoms in total. The van der Waals surface area contributed by atoms with Crippen molar-refractivity contribution >= 4 is 11.1 Å². The molecule has 0 N–H and O–H groups in total. The average molecular weight is 159 g/mol. The molecule has 58 valence electrons. The second-order valence-corrected chi connectivity index (χ2v) is 4.60. The highest BCUT2D eigenvalue weighted by molar-refractivity contribution is 7.79. The van der Waals surface area contributed by atoms with E-state index in [4.69, 9.17) is 0 Å². The highest BCUT2D eigenvalue weighted by Crippen LogP contribution is 2.46. The Kier molecular flexibility index (Phi) is 1.57. The molecular formula is C7H11O2S-. The summed E-state index contributed by atoms with van der Waals surface area (Å²) in [7, 11) is 0. The quantitative estimate of drug-likeness (QED) is 0.536. The van der Waals surface area contributed by atoms with Gasteiger partial charge in [-0.2, -0.15) is 0 Å². The molecule has 0 saturated heterocycles. The van der Waals surface area contributed by atoms with Gasteiger partial charge in [0.15, 0.2) is 0 Å². The summed E-state index contributed by atoms with van der Waals surface area (Å²) in [6.07, 6.45) is 4.56. The summed E-state index contributed by atoms with van der Waals surface area (Å²) in [6, 6.07) is 0. The molecule has 4 atom stereocenters. The second kappa shape index (κ2) is 2.31. The molecule has 3 heteroatoms. The molecule has 0 radical (unpaired) electrons. The van der Waals surface area contributed by atoms with Gasteiger partial charge >= 0.3 is 0 Å². The van der Waals surface area contributed by atoms with Gasteiger partial charge in [0.05, 0.1) is 0 Å². The Morgan fingerprint density at radius 2 is 2.10 bits per heavy atom. The maximum atomic E-state index is 10.6. The van der Waals surface area contributed by atoms with Gasteiger partial charge in [-0.3, -0.25) is 4.21 Å². The average Bonchev–Trinajstić information content (AvgIpc) is 2.44. The standard InChI is InChI=1S/C7H12O2S/c8-10(9)7-4-5-1-2-6(7)3-5/h5-7H,1-4H2,(H,8,9)/p-1/t5-,6+,7?/m0/s1. The fourth-order valence-corrected chi connectivity index (χ4v) is 3.41. The van der Waals surface area contributed by atoms with Crippen LogP contribution in [0.4, 0.5) is 0 Å². The zero-order chi connectivity index (χ0) is 7.14. The van der Waals surface area contributed by atoms with Crippen molar-refractivity contribution in [3.05, 3.63) is 0 Å². The Morgan fingerprint density at radius 1 is 1.30 bits per heavy atom. The van der Waals surface area contributed by atoms with Crippen molar-refractivity contribution in [3.63, 3.8) is 0 Å². The molecule has 2 unspecified atom stereocenters. The Bertz CT molecular complexity index is 169. The van der Waals surface area contributed by atoms with Gasteiger partial charge in [0.1, 0.15) is 0 Å². The van der Waals surface area contributed by atoms with Crippen molar-refractivity contribution in [2.45, 2.75) is 30.9 Å². The van der Waals surface area contributed by atoms with Crippen LogP contribution in [0.2, 0.25) is 0 Å². The molecule has 0 aromatic heterocycles. The lowest BCUT2D eigenvalue weighted by atomic mass is 10.0. The van der Waals surface area contributed by atoms with Crippen LogP contribution < -0.4 is 0 Å². The monoisotopic (exact) mass is 159 g/mol. The van der Waals surface area contributed by atoms with Gasteiger partial charge < -0.3 is 4.55 Å². The van der Waals surface area contributed by atoms with Crippen LogP contribution in [0.3, 0.4) is 0 Å². The minimum atomic E-state index is -1.79. The van der Waals surface area contributed by atoms with Crippen LogP contribution in [-0.4, -0.2) is 14.0 Å². The molecule has 2 aliphatic carbocycles. The molecule has 10 heavy (non-hydrogen) atoms. The van der Waals surface area contributed by atoms with Crippen molar-refractivity contribution < 1.29 is 8.76 Å². The van der Waals surface area contributed by atoms with Gasteiger partial charge in [-0.05, 0) is 31.1 Å². The van der Waals surface area contributed by atoms with E-state index in [1.807, 2.05) is 0 Å². The zero-order valence-electron chi connectivity index (χ0n) is 5.79. The maximum absolute atomic E-state index is 10.6. The van der Waals surface area contributed by atoms with Crippen molar-refractivity contribution in [3.8, 4) is 0 Å². The van der Waals surface area contributed by atoms with E-state index >= 15 is 0 Å². The first-order chi connectivity index (χ1) is 4.77. The third-order valence-corrected chi connectivity index (χ3v) is 3.99. The first-order valence-corrected chi connectivity index (χ1v) is 4.99. The van der Waals surface area contributed by atoms with E-state index < -0.39 is 11.1 Å². The molecule has 2 bridgehead atoms. The van der Waals surface area contributed by atoms with Gasteiger partial charge in [-0.1, -0.05) is 17.5 Å². The predicted molar refractivity (Wildman–Crippen MR) is 38.2 cm³/mol. The molecule has 0 aromatic carbocycles. The van der Waals surface area contributed by atoms with E-state index in [0.29, 0.717) is 5.92 Å². The summed E-state index contributed by atoms with van der Waals surface area (Å²) in [5.41, 5.74) is 0. The van der Waals surface area contributed by atoms with E-state index in [1.165, 1.54) is 12.8 Å².